The van der Waals surface area contributed by atoms with E-state index in [4.69, 9.17) is 4.74 Å². The number of phenolic OH excluding ortho intramolecular Hbond substituents is 1. The number of aromatic hydroxyl groups is 1. The number of benzene rings is 1. The predicted molar refractivity (Wildman–Crippen MR) is 45.1 cm³/mol. The van der Waals surface area contributed by atoms with Gasteiger partial charge in [0.2, 0.25) is 0 Å². The first-order valence-electron chi connectivity index (χ1n) is 3.81. The first kappa shape index (κ1) is 7.22. The Morgan fingerprint density at radius 2 is 2.33 bits per heavy atom. The van der Waals surface area contributed by atoms with Gasteiger partial charge in [-0.25, -0.2) is 0 Å². The molecule has 12 heavy (non-hydrogen) atoms. The van der Waals surface area contributed by atoms with Crippen molar-refractivity contribution >= 4 is 0 Å². The summed E-state index contributed by atoms with van der Waals surface area (Å²) in [6.45, 7) is 2.49. The van der Waals surface area contributed by atoms with Crippen molar-refractivity contribution in [2.24, 2.45) is 0 Å². The fraction of sp³-hybridized carbons (Fsp3) is 0.200. The molecule has 0 atom stereocenters. The fourth-order valence-corrected chi connectivity index (χ4v) is 1.20. The van der Waals surface area contributed by atoms with E-state index in [1.54, 1.807) is 12.1 Å². The largest absolute Gasteiger partial charge is 0.507 e. The molecule has 2 nitrogen and oxygen atoms in total. The van der Waals surface area contributed by atoms with Gasteiger partial charge in [-0.3, -0.25) is 0 Å². The predicted octanol–water partition coefficient (Wildman–Crippen LogP) is 1.88. The molecule has 0 saturated carbocycles. The highest BCUT2D eigenvalue weighted by Gasteiger charge is 2.11. The van der Waals surface area contributed by atoms with Crippen LogP contribution in [0.1, 0.15) is 12.5 Å². The third-order valence-corrected chi connectivity index (χ3v) is 1.79. The molecule has 0 amide bonds. The number of ether oxygens (including phenoxy) is 1. The maximum absolute atomic E-state index is 9.42. The summed E-state index contributed by atoms with van der Waals surface area (Å²) < 4.78 is 5.36. The molecular weight excluding hydrogens is 152 g/mol. The number of rotatable bonds is 0. The summed E-state index contributed by atoms with van der Waals surface area (Å²) in [6.07, 6.45) is 3.07. The van der Waals surface area contributed by atoms with Crippen LogP contribution in [0.2, 0.25) is 0 Å². The Morgan fingerprint density at radius 3 is 3.17 bits per heavy atom. The summed E-state index contributed by atoms with van der Waals surface area (Å²) in [6, 6.07) is 5.22. The normalized spacial score (nSPS) is 14.6. The molecule has 0 aromatic heterocycles. The van der Waals surface area contributed by atoms with E-state index in [1.165, 1.54) is 0 Å². The molecule has 1 aliphatic heterocycles. The standard InChI is InChI=1S/C10H9O2/c1-7-5-8-9(11)3-2-4-10(8)12-6-7/h2-4,11H,6H2,1H3. The van der Waals surface area contributed by atoms with E-state index in [0.29, 0.717) is 17.9 Å². The molecule has 0 saturated heterocycles. The van der Waals surface area contributed by atoms with Crippen molar-refractivity contribution in [3.63, 3.8) is 0 Å². The van der Waals surface area contributed by atoms with Gasteiger partial charge in [-0.2, -0.15) is 0 Å². The number of fused-ring (bicyclic) bond motifs is 1. The minimum Gasteiger partial charge on any atom is -0.507 e. The van der Waals surface area contributed by atoms with Crippen LogP contribution in [0.4, 0.5) is 0 Å². The summed E-state index contributed by atoms with van der Waals surface area (Å²) in [5.41, 5.74) is 1.67. The molecule has 61 valence electrons. The highest BCUT2D eigenvalue weighted by atomic mass is 16.5. The average molecular weight is 161 g/mol. The maximum atomic E-state index is 9.42. The molecule has 2 heteroatoms. The van der Waals surface area contributed by atoms with Gasteiger partial charge in [-0.05, 0) is 30.7 Å². The van der Waals surface area contributed by atoms with E-state index in [0.717, 1.165) is 5.57 Å². The highest BCUT2D eigenvalue weighted by molar-refractivity contribution is 5.50. The molecule has 0 spiro atoms. The first-order chi connectivity index (χ1) is 5.77. The van der Waals surface area contributed by atoms with Crippen LogP contribution >= 0.6 is 0 Å². The number of phenols is 1. The lowest BCUT2D eigenvalue weighted by Crippen LogP contribution is -2.05. The molecule has 0 unspecified atom stereocenters. The van der Waals surface area contributed by atoms with Gasteiger partial charge in [-0.15, -0.1) is 0 Å². The molecule has 0 bridgehead atoms. The van der Waals surface area contributed by atoms with Gasteiger partial charge in [0, 0.05) is 0 Å². The Hall–Kier alpha value is -1.44. The monoisotopic (exact) mass is 161 g/mol. The molecule has 2 rings (SSSR count). The molecule has 0 aliphatic carbocycles. The summed E-state index contributed by atoms with van der Waals surface area (Å²) >= 11 is 0. The summed E-state index contributed by atoms with van der Waals surface area (Å²) in [7, 11) is 0. The van der Waals surface area contributed by atoms with Crippen LogP contribution in [-0.2, 0) is 0 Å². The number of hydrogen-bond donors (Lipinski definition) is 1. The van der Waals surface area contributed by atoms with E-state index >= 15 is 0 Å². The van der Waals surface area contributed by atoms with Gasteiger partial charge < -0.3 is 9.84 Å². The van der Waals surface area contributed by atoms with Crippen molar-refractivity contribution in [3.05, 3.63) is 35.4 Å². The first-order valence-corrected chi connectivity index (χ1v) is 3.81. The van der Waals surface area contributed by atoms with Crippen LogP contribution in [0, 0.1) is 6.08 Å². The SMILES string of the molecule is CC1=[C]c2c(O)cccc2OC1. The van der Waals surface area contributed by atoms with Crippen molar-refractivity contribution in [2.45, 2.75) is 6.92 Å². The molecule has 1 heterocycles. The third-order valence-electron chi connectivity index (χ3n) is 1.79. The lowest BCUT2D eigenvalue weighted by Gasteiger charge is -2.15. The summed E-state index contributed by atoms with van der Waals surface area (Å²) in [5.74, 6) is 0.937. The van der Waals surface area contributed by atoms with Crippen LogP contribution < -0.4 is 4.74 Å². The Morgan fingerprint density at radius 1 is 1.50 bits per heavy atom. The van der Waals surface area contributed by atoms with E-state index in [1.807, 2.05) is 13.0 Å². The Labute approximate surface area is 71.1 Å². The zero-order valence-corrected chi connectivity index (χ0v) is 6.79. The number of hydrogen-bond acceptors (Lipinski definition) is 2. The Bertz CT molecular complexity index is 340. The highest BCUT2D eigenvalue weighted by Crippen LogP contribution is 2.31. The van der Waals surface area contributed by atoms with E-state index in [9.17, 15) is 5.11 Å². The van der Waals surface area contributed by atoms with Crippen LogP contribution in [-0.4, -0.2) is 11.7 Å². The molecule has 1 aliphatic rings. The van der Waals surface area contributed by atoms with Crippen LogP contribution in [0.15, 0.2) is 23.8 Å². The molecule has 0 fully saturated rings. The lowest BCUT2D eigenvalue weighted by molar-refractivity contribution is 0.338. The fourth-order valence-electron chi connectivity index (χ4n) is 1.20. The lowest BCUT2D eigenvalue weighted by atomic mass is 10.1. The molecule has 1 aromatic carbocycles. The smallest absolute Gasteiger partial charge is 0.131 e. The zero-order chi connectivity index (χ0) is 8.55. The second kappa shape index (κ2) is 2.55. The van der Waals surface area contributed by atoms with Crippen molar-refractivity contribution < 1.29 is 9.84 Å². The van der Waals surface area contributed by atoms with Gasteiger partial charge in [0.05, 0.1) is 5.56 Å². The van der Waals surface area contributed by atoms with Crippen molar-refractivity contribution in [1.82, 2.24) is 0 Å². The van der Waals surface area contributed by atoms with E-state index in [2.05, 4.69) is 6.08 Å². The van der Waals surface area contributed by atoms with E-state index < -0.39 is 0 Å². The molecule has 1 radical (unpaired) electrons. The average Bonchev–Trinajstić information content (AvgIpc) is 2.07. The summed E-state index contributed by atoms with van der Waals surface area (Å²) in [5, 5.41) is 9.42. The van der Waals surface area contributed by atoms with Gasteiger partial charge in [-0.1, -0.05) is 6.07 Å². The minimum atomic E-state index is 0.228. The third kappa shape index (κ3) is 1.05. The van der Waals surface area contributed by atoms with Crippen molar-refractivity contribution in [2.75, 3.05) is 6.61 Å². The van der Waals surface area contributed by atoms with Gasteiger partial charge in [0.15, 0.2) is 0 Å². The quantitative estimate of drug-likeness (QED) is 0.629. The van der Waals surface area contributed by atoms with Gasteiger partial charge in [0.1, 0.15) is 18.1 Å². The van der Waals surface area contributed by atoms with Crippen LogP contribution in [0.5, 0.6) is 11.5 Å². The Kier molecular flexibility index (Phi) is 1.54. The minimum absolute atomic E-state index is 0.228. The molecule has 1 N–H and O–H groups in total. The zero-order valence-electron chi connectivity index (χ0n) is 6.79. The van der Waals surface area contributed by atoms with Crippen molar-refractivity contribution in [3.8, 4) is 11.5 Å². The second-order valence-electron chi connectivity index (χ2n) is 2.84. The van der Waals surface area contributed by atoms with Crippen LogP contribution in [0.3, 0.4) is 0 Å². The maximum Gasteiger partial charge on any atom is 0.131 e. The molecular formula is C10H9O2. The van der Waals surface area contributed by atoms with Gasteiger partial charge >= 0.3 is 0 Å². The summed E-state index contributed by atoms with van der Waals surface area (Å²) in [4.78, 5) is 0. The van der Waals surface area contributed by atoms with E-state index in [-0.39, 0.29) is 5.75 Å². The molecule has 1 aromatic rings. The topological polar surface area (TPSA) is 29.5 Å². The van der Waals surface area contributed by atoms with Crippen LogP contribution in [0.25, 0.3) is 0 Å². The Balaban J connectivity index is 2.59. The second-order valence-corrected chi connectivity index (χ2v) is 2.84. The van der Waals surface area contributed by atoms with Gasteiger partial charge in [0.25, 0.3) is 0 Å². The van der Waals surface area contributed by atoms with Crippen molar-refractivity contribution in [1.29, 1.82) is 0 Å².